The quantitative estimate of drug-likeness (QED) is 0.243. The van der Waals surface area contributed by atoms with Crippen LogP contribution in [0.4, 0.5) is 5.82 Å². The molecule has 4 nitrogen and oxygen atoms in total. The molecule has 3 aromatic rings. The van der Waals surface area contributed by atoms with Crippen LogP contribution in [0.5, 0.6) is 0 Å². The highest BCUT2D eigenvalue weighted by atomic mass is 79.9. The Morgan fingerprint density at radius 3 is 2.74 bits per heavy atom. The molecule has 0 atom stereocenters. The Morgan fingerprint density at radius 1 is 1.16 bits per heavy atom. The number of hydrogen-bond acceptors (Lipinski definition) is 4. The summed E-state index contributed by atoms with van der Waals surface area (Å²) in [7, 11) is 0. The number of halogens is 2. The average molecular weight is 525 g/mol. The van der Waals surface area contributed by atoms with E-state index in [1.54, 1.807) is 6.07 Å². The topological polar surface area (TPSA) is 56.9 Å². The van der Waals surface area contributed by atoms with Crippen molar-refractivity contribution in [2.24, 2.45) is 0 Å². The Labute approximate surface area is 203 Å². The van der Waals surface area contributed by atoms with Gasteiger partial charge in [0.15, 0.2) is 5.43 Å². The maximum Gasteiger partial charge on any atom is 0.191 e. The van der Waals surface area contributed by atoms with Gasteiger partial charge in [-0.3, -0.25) is 4.79 Å². The molecule has 3 rings (SSSR count). The van der Waals surface area contributed by atoms with Gasteiger partial charge in [0.2, 0.25) is 0 Å². The van der Waals surface area contributed by atoms with Gasteiger partial charge in [-0.05, 0) is 53.9 Å². The summed E-state index contributed by atoms with van der Waals surface area (Å²) in [6, 6.07) is 9.24. The van der Waals surface area contributed by atoms with E-state index in [0.29, 0.717) is 0 Å². The number of rotatable bonds is 11. The van der Waals surface area contributed by atoms with E-state index in [4.69, 9.17) is 0 Å². The monoisotopic (exact) mass is 523 g/mol. The maximum absolute atomic E-state index is 12.2. The lowest BCUT2D eigenvalue weighted by Crippen LogP contribution is -2.18. The number of pyridine rings is 1. The number of unbranched alkanes of at least 4 members (excludes halogenated alkanes) is 1. The van der Waals surface area contributed by atoms with Crippen molar-refractivity contribution in [3.8, 4) is 0 Å². The lowest BCUT2D eigenvalue weighted by atomic mass is 10.2. The van der Waals surface area contributed by atoms with Crippen LogP contribution in [-0.4, -0.2) is 18.1 Å². The third-order valence-electron chi connectivity index (χ3n) is 4.96. The zero-order chi connectivity index (χ0) is 21.3. The number of benzene rings is 1. The molecular weight excluding hydrogens is 494 g/mol. The molecule has 168 valence electrons. The Hall–Kier alpha value is -1.60. The van der Waals surface area contributed by atoms with Crippen molar-refractivity contribution < 1.29 is 0 Å². The standard InChI is InChI=1S/C24H30BrN3OS.ClH/c1-3-5-6-11-18-22(30-21(4-2)24(18)25)16-26-13-9-14-27-23-15-20(29)17-10-7-8-12-19(17)28-23;/h6-8,10-12,15,26H,3-5,9,13-14,16H2,1-2H3,(H2,27,28,29);1H/b11-6+;. The van der Waals surface area contributed by atoms with E-state index >= 15 is 0 Å². The fourth-order valence-corrected chi connectivity index (χ4v) is 5.47. The Morgan fingerprint density at radius 2 is 1.97 bits per heavy atom. The average Bonchev–Trinajstić information content (AvgIpc) is 3.05. The van der Waals surface area contributed by atoms with Crippen molar-refractivity contribution >= 4 is 62.5 Å². The second-order valence-electron chi connectivity index (χ2n) is 7.27. The number of H-pyrrole nitrogens is 1. The number of nitrogens with one attached hydrogen (secondary N) is 3. The molecule has 0 radical (unpaired) electrons. The summed E-state index contributed by atoms with van der Waals surface area (Å²) in [5.41, 5.74) is 2.23. The number of allylic oxidation sites excluding steroid dienone is 1. The fraction of sp³-hybridized carbons (Fsp3) is 0.375. The third kappa shape index (κ3) is 6.94. The minimum atomic E-state index is 0. The molecule has 0 saturated carbocycles. The number of aromatic amines is 1. The van der Waals surface area contributed by atoms with Gasteiger partial charge in [-0.2, -0.15) is 0 Å². The zero-order valence-corrected chi connectivity index (χ0v) is 21.3. The molecule has 0 fully saturated rings. The van der Waals surface area contributed by atoms with E-state index in [0.717, 1.165) is 55.6 Å². The van der Waals surface area contributed by atoms with E-state index in [2.05, 4.69) is 57.5 Å². The first-order valence-electron chi connectivity index (χ1n) is 10.7. The summed E-state index contributed by atoms with van der Waals surface area (Å²) < 4.78 is 1.25. The predicted octanol–water partition coefficient (Wildman–Crippen LogP) is 6.74. The second kappa shape index (κ2) is 13.1. The summed E-state index contributed by atoms with van der Waals surface area (Å²) in [5, 5.41) is 7.63. The normalized spacial score (nSPS) is 11.2. The van der Waals surface area contributed by atoms with E-state index in [1.807, 2.05) is 35.6 Å². The molecule has 2 aromatic heterocycles. The minimum Gasteiger partial charge on any atom is -0.371 e. The molecule has 0 amide bonds. The van der Waals surface area contributed by atoms with Crippen molar-refractivity contribution in [3.63, 3.8) is 0 Å². The number of hydrogen-bond donors (Lipinski definition) is 3. The van der Waals surface area contributed by atoms with Gasteiger partial charge >= 0.3 is 0 Å². The van der Waals surface area contributed by atoms with Gasteiger partial charge in [0.05, 0.1) is 5.52 Å². The third-order valence-corrected chi connectivity index (χ3v) is 7.48. The Bertz CT molecular complexity index is 1060. The zero-order valence-electron chi connectivity index (χ0n) is 18.1. The second-order valence-corrected chi connectivity index (χ2v) is 9.25. The van der Waals surface area contributed by atoms with Crippen LogP contribution in [-0.2, 0) is 13.0 Å². The summed E-state index contributed by atoms with van der Waals surface area (Å²) in [6.45, 7) is 7.01. The van der Waals surface area contributed by atoms with Crippen molar-refractivity contribution in [2.45, 2.75) is 46.1 Å². The van der Waals surface area contributed by atoms with Gasteiger partial charge in [0.1, 0.15) is 5.82 Å². The van der Waals surface area contributed by atoms with Crippen LogP contribution in [0.2, 0.25) is 0 Å². The molecule has 0 unspecified atom stereocenters. The summed E-state index contributed by atoms with van der Waals surface area (Å²) in [5.74, 6) is 0.775. The highest BCUT2D eigenvalue weighted by Crippen LogP contribution is 2.35. The number of thiophene rings is 1. The molecule has 7 heteroatoms. The number of anilines is 1. The smallest absolute Gasteiger partial charge is 0.191 e. The van der Waals surface area contributed by atoms with Crippen LogP contribution < -0.4 is 16.1 Å². The molecule has 3 N–H and O–H groups in total. The van der Waals surface area contributed by atoms with Crippen LogP contribution in [0.25, 0.3) is 17.0 Å². The van der Waals surface area contributed by atoms with E-state index in [-0.39, 0.29) is 17.8 Å². The van der Waals surface area contributed by atoms with Gasteiger partial charge in [-0.25, -0.2) is 0 Å². The molecule has 2 heterocycles. The van der Waals surface area contributed by atoms with E-state index < -0.39 is 0 Å². The molecule has 0 aliphatic carbocycles. The molecule has 0 aliphatic heterocycles. The van der Waals surface area contributed by atoms with Gasteiger partial charge in [-0.1, -0.05) is 44.6 Å². The highest BCUT2D eigenvalue weighted by Gasteiger charge is 2.12. The van der Waals surface area contributed by atoms with E-state index in [9.17, 15) is 4.79 Å². The van der Waals surface area contributed by atoms with Crippen LogP contribution in [0.3, 0.4) is 0 Å². The van der Waals surface area contributed by atoms with E-state index in [1.165, 1.54) is 26.2 Å². The summed E-state index contributed by atoms with van der Waals surface area (Å²) >= 11 is 5.68. The van der Waals surface area contributed by atoms with Crippen LogP contribution >= 0.6 is 39.7 Å². The maximum atomic E-state index is 12.2. The first-order chi connectivity index (χ1) is 14.6. The highest BCUT2D eigenvalue weighted by molar-refractivity contribution is 9.10. The van der Waals surface area contributed by atoms with Crippen molar-refractivity contribution in [3.05, 3.63) is 66.4 Å². The van der Waals surface area contributed by atoms with Gasteiger partial charge in [0, 0.05) is 44.3 Å². The van der Waals surface area contributed by atoms with Gasteiger partial charge in [-0.15, -0.1) is 23.7 Å². The Kier molecular flexibility index (Phi) is 10.8. The SMILES string of the molecule is CCC/C=C/c1c(CNCCCNc2cc(=O)c3ccccc3[nH]2)sc(CC)c1Br.Cl. The van der Waals surface area contributed by atoms with Crippen molar-refractivity contribution in [1.82, 2.24) is 10.3 Å². The first-order valence-corrected chi connectivity index (χ1v) is 12.3. The molecular formula is C24H31BrClN3OS. The Balaban J connectivity index is 0.00000341. The molecule has 0 bridgehead atoms. The predicted molar refractivity (Wildman–Crippen MR) is 142 cm³/mol. The largest absolute Gasteiger partial charge is 0.371 e. The number of aryl methyl sites for hydroxylation is 1. The van der Waals surface area contributed by atoms with Gasteiger partial charge < -0.3 is 15.6 Å². The fourth-order valence-electron chi connectivity index (χ4n) is 3.34. The van der Waals surface area contributed by atoms with Crippen LogP contribution in [0.1, 0.15) is 48.4 Å². The van der Waals surface area contributed by atoms with Gasteiger partial charge in [0.25, 0.3) is 0 Å². The molecule has 0 aliphatic rings. The molecule has 0 spiro atoms. The summed E-state index contributed by atoms with van der Waals surface area (Å²) in [4.78, 5) is 18.3. The molecule has 1 aromatic carbocycles. The molecule has 31 heavy (non-hydrogen) atoms. The number of fused-ring (bicyclic) bond motifs is 1. The lowest BCUT2D eigenvalue weighted by molar-refractivity contribution is 0.667. The first kappa shape index (κ1) is 25.7. The lowest BCUT2D eigenvalue weighted by Gasteiger charge is -2.09. The van der Waals surface area contributed by atoms with Crippen LogP contribution in [0, 0.1) is 0 Å². The number of aromatic nitrogens is 1. The number of para-hydroxylation sites is 1. The minimum absolute atomic E-state index is 0. The summed E-state index contributed by atoms with van der Waals surface area (Å²) in [6.07, 6.45) is 8.83. The van der Waals surface area contributed by atoms with Crippen molar-refractivity contribution in [1.29, 1.82) is 0 Å². The van der Waals surface area contributed by atoms with Crippen LogP contribution in [0.15, 0.2) is 45.7 Å². The van der Waals surface area contributed by atoms with Crippen molar-refractivity contribution in [2.75, 3.05) is 18.4 Å². The molecule has 0 saturated heterocycles.